The largest absolute Gasteiger partial charge is 0.457 e. The SMILES string of the molecule is CNCc1cc(Oc2cc(Br)ccc2C)ccn1. The zero-order chi connectivity index (χ0) is 13.0. The lowest BCUT2D eigenvalue weighted by molar-refractivity contribution is 0.476. The standard InChI is InChI=1S/C14H15BrN2O/c1-10-3-4-11(15)7-14(10)18-13-5-6-17-12(8-13)9-16-2/h3-8,16H,9H2,1-2H3. The molecule has 0 aliphatic rings. The zero-order valence-corrected chi connectivity index (χ0v) is 12.0. The number of aromatic nitrogens is 1. The Morgan fingerprint density at radius 2 is 2.11 bits per heavy atom. The van der Waals surface area contributed by atoms with Crippen LogP contribution in [0, 0.1) is 6.92 Å². The third kappa shape index (κ3) is 3.31. The smallest absolute Gasteiger partial charge is 0.131 e. The highest BCUT2D eigenvalue weighted by molar-refractivity contribution is 9.10. The van der Waals surface area contributed by atoms with Crippen LogP contribution in [0.1, 0.15) is 11.3 Å². The second-order valence-corrected chi connectivity index (χ2v) is 4.94. The van der Waals surface area contributed by atoms with Gasteiger partial charge in [-0.3, -0.25) is 4.98 Å². The zero-order valence-electron chi connectivity index (χ0n) is 10.4. The topological polar surface area (TPSA) is 34.1 Å². The van der Waals surface area contributed by atoms with Crippen molar-refractivity contribution in [2.45, 2.75) is 13.5 Å². The van der Waals surface area contributed by atoms with E-state index in [2.05, 4.69) is 26.2 Å². The van der Waals surface area contributed by atoms with E-state index in [0.717, 1.165) is 33.8 Å². The van der Waals surface area contributed by atoms with Gasteiger partial charge in [-0.2, -0.15) is 0 Å². The summed E-state index contributed by atoms with van der Waals surface area (Å²) < 4.78 is 6.89. The third-order valence-electron chi connectivity index (χ3n) is 2.52. The molecule has 0 bridgehead atoms. The second-order valence-electron chi connectivity index (χ2n) is 4.03. The number of rotatable bonds is 4. The number of hydrogen-bond donors (Lipinski definition) is 1. The molecule has 0 saturated carbocycles. The summed E-state index contributed by atoms with van der Waals surface area (Å²) in [6.07, 6.45) is 1.76. The Balaban J connectivity index is 2.22. The molecule has 2 aromatic rings. The van der Waals surface area contributed by atoms with E-state index in [1.807, 2.05) is 44.3 Å². The molecule has 0 fully saturated rings. The normalized spacial score (nSPS) is 10.4. The number of hydrogen-bond acceptors (Lipinski definition) is 3. The van der Waals surface area contributed by atoms with Gasteiger partial charge in [0.15, 0.2) is 0 Å². The van der Waals surface area contributed by atoms with Crippen LogP contribution < -0.4 is 10.1 Å². The molecular formula is C14H15BrN2O. The van der Waals surface area contributed by atoms with E-state index < -0.39 is 0 Å². The quantitative estimate of drug-likeness (QED) is 0.936. The molecule has 0 spiro atoms. The van der Waals surface area contributed by atoms with Crippen molar-refractivity contribution in [3.8, 4) is 11.5 Å². The van der Waals surface area contributed by atoms with Crippen LogP contribution in [0.3, 0.4) is 0 Å². The van der Waals surface area contributed by atoms with Gasteiger partial charge < -0.3 is 10.1 Å². The fourth-order valence-electron chi connectivity index (χ4n) is 1.61. The molecule has 3 nitrogen and oxygen atoms in total. The molecule has 1 heterocycles. The van der Waals surface area contributed by atoms with Crippen LogP contribution in [0.2, 0.25) is 0 Å². The average Bonchev–Trinajstić information content (AvgIpc) is 2.35. The first-order chi connectivity index (χ1) is 8.69. The number of nitrogens with one attached hydrogen (secondary N) is 1. The third-order valence-corrected chi connectivity index (χ3v) is 3.02. The second kappa shape index (κ2) is 5.98. The van der Waals surface area contributed by atoms with E-state index in [1.165, 1.54) is 0 Å². The van der Waals surface area contributed by atoms with Gasteiger partial charge in [-0.05, 0) is 37.7 Å². The van der Waals surface area contributed by atoms with Crippen LogP contribution in [0.25, 0.3) is 0 Å². The van der Waals surface area contributed by atoms with Crippen molar-refractivity contribution in [3.05, 3.63) is 52.3 Å². The molecule has 18 heavy (non-hydrogen) atoms. The van der Waals surface area contributed by atoms with E-state index in [4.69, 9.17) is 4.74 Å². The van der Waals surface area contributed by atoms with Gasteiger partial charge in [0, 0.05) is 23.3 Å². The Kier molecular flexibility index (Phi) is 4.33. The predicted molar refractivity (Wildman–Crippen MR) is 76.0 cm³/mol. The molecule has 0 unspecified atom stereocenters. The fraction of sp³-hybridized carbons (Fsp3) is 0.214. The summed E-state index contributed by atoms with van der Waals surface area (Å²) in [6, 6.07) is 9.79. The highest BCUT2D eigenvalue weighted by atomic mass is 79.9. The maximum absolute atomic E-state index is 5.88. The summed E-state index contributed by atoms with van der Waals surface area (Å²) >= 11 is 3.45. The van der Waals surface area contributed by atoms with E-state index >= 15 is 0 Å². The lowest BCUT2D eigenvalue weighted by Gasteiger charge is -2.10. The van der Waals surface area contributed by atoms with Crippen molar-refractivity contribution in [1.82, 2.24) is 10.3 Å². The van der Waals surface area contributed by atoms with Crippen LogP contribution in [0.5, 0.6) is 11.5 Å². The van der Waals surface area contributed by atoms with Crippen molar-refractivity contribution >= 4 is 15.9 Å². The van der Waals surface area contributed by atoms with Gasteiger partial charge in [-0.15, -0.1) is 0 Å². The van der Waals surface area contributed by atoms with Crippen LogP contribution >= 0.6 is 15.9 Å². The van der Waals surface area contributed by atoms with Crippen LogP contribution in [0.15, 0.2) is 41.0 Å². The van der Waals surface area contributed by atoms with E-state index in [0.29, 0.717) is 0 Å². The van der Waals surface area contributed by atoms with Crippen molar-refractivity contribution in [2.75, 3.05) is 7.05 Å². The maximum atomic E-state index is 5.88. The first-order valence-electron chi connectivity index (χ1n) is 5.72. The Labute approximate surface area is 115 Å². The first-order valence-corrected chi connectivity index (χ1v) is 6.52. The Hall–Kier alpha value is -1.39. The van der Waals surface area contributed by atoms with Crippen LogP contribution in [-0.2, 0) is 6.54 Å². The summed E-state index contributed by atoms with van der Waals surface area (Å²) in [4.78, 5) is 4.26. The minimum Gasteiger partial charge on any atom is -0.457 e. The molecule has 0 saturated heterocycles. The molecule has 0 amide bonds. The number of pyridine rings is 1. The summed E-state index contributed by atoms with van der Waals surface area (Å²) in [6.45, 7) is 2.76. The van der Waals surface area contributed by atoms with Crippen molar-refractivity contribution in [3.63, 3.8) is 0 Å². The molecule has 4 heteroatoms. The Morgan fingerprint density at radius 1 is 1.28 bits per heavy atom. The summed E-state index contributed by atoms with van der Waals surface area (Å²) in [5.74, 6) is 1.66. The summed E-state index contributed by atoms with van der Waals surface area (Å²) in [5, 5.41) is 3.07. The number of benzene rings is 1. The molecule has 0 radical (unpaired) electrons. The van der Waals surface area contributed by atoms with Crippen molar-refractivity contribution in [2.24, 2.45) is 0 Å². The minimum atomic E-state index is 0.731. The maximum Gasteiger partial charge on any atom is 0.131 e. The number of aryl methyl sites for hydroxylation is 1. The monoisotopic (exact) mass is 306 g/mol. The van der Waals surface area contributed by atoms with Crippen molar-refractivity contribution < 1.29 is 4.74 Å². The summed E-state index contributed by atoms with van der Waals surface area (Å²) in [7, 11) is 1.90. The Bertz CT molecular complexity index is 543. The number of halogens is 1. The molecule has 0 atom stereocenters. The highest BCUT2D eigenvalue weighted by Gasteiger charge is 2.03. The molecule has 0 aliphatic carbocycles. The van der Waals surface area contributed by atoms with Gasteiger partial charge in [-0.1, -0.05) is 22.0 Å². The van der Waals surface area contributed by atoms with Gasteiger partial charge in [0.25, 0.3) is 0 Å². The molecule has 94 valence electrons. The predicted octanol–water partition coefficient (Wildman–Crippen LogP) is 3.66. The van der Waals surface area contributed by atoms with Gasteiger partial charge >= 0.3 is 0 Å². The summed E-state index contributed by atoms with van der Waals surface area (Å²) in [5.41, 5.74) is 2.06. The highest BCUT2D eigenvalue weighted by Crippen LogP contribution is 2.28. The number of ether oxygens (including phenoxy) is 1. The van der Waals surface area contributed by atoms with Gasteiger partial charge in [0.2, 0.25) is 0 Å². The molecular weight excluding hydrogens is 292 g/mol. The molecule has 2 rings (SSSR count). The lowest BCUT2D eigenvalue weighted by Crippen LogP contribution is -2.06. The molecule has 1 aromatic carbocycles. The van der Waals surface area contributed by atoms with Gasteiger partial charge in [-0.25, -0.2) is 0 Å². The van der Waals surface area contributed by atoms with Crippen molar-refractivity contribution in [1.29, 1.82) is 0 Å². The minimum absolute atomic E-state index is 0.731. The van der Waals surface area contributed by atoms with Gasteiger partial charge in [0.05, 0.1) is 5.69 Å². The first kappa shape index (κ1) is 13.1. The molecule has 1 N–H and O–H groups in total. The van der Waals surface area contributed by atoms with E-state index in [1.54, 1.807) is 6.20 Å². The van der Waals surface area contributed by atoms with Crippen LogP contribution in [0.4, 0.5) is 0 Å². The number of nitrogens with zero attached hydrogens (tertiary/aromatic N) is 1. The van der Waals surface area contributed by atoms with E-state index in [9.17, 15) is 0 Å². The van der Waals surface area contributed by atoms with Gasteiger partial charge in [0.1, 0.15) is 11.5 Å². The molecule has 0 aliphatic heterocycles. The lowest BCUT2D eigenvalue weighted by atomic mass is 10.2. The average molecular weight is 307 g/mol. The van der Waals surface area contributed by atoms with E-state index in [-0.39, 0.29) is 0 Å². The van der Waals surface area contributed by atoms with Crippen LogP contribution in [-0.4, -0.2) is 12.0 Å². The molecule has 1 aromatic heterocycles. The fourth-order valence-corrected chi connectivity index (χ4v) is 1.95. The Morgan fingerprint density at radius 3 is 2.89 bits per heavy atom.